The largest absolute Gasteiger partial charge is 0.573 e. The van der Waals surface area contributed by atoms with Crippen LogP contribution < -0.4 is 9.47 Å². The third kappa shape index (κ3) is 5.89. The van der Waals surface area contributed by atoms with Gasteiger partial charge in [0.25, 0.3) is 0 Å². The Kier molecular flexibility index (Phi) is 5.82. The minimum absolute atomic E-state index is 0.0553. The van der Waals surface area contributed by atoms with Gasteiger partial charge < -0.3 is 19.3 Å². The second-order valence-electron chi connectivity index (χ2n) is 5.04. The van der Waals surface area contributed by atoms with Gasteiger partial charge in [-0.1, -0.05) is 0 Å². The second kappa shape index (κ2) is 7.68. The van der Waals surface area contributed by atoms with Crippen LogP contribution in [-0.2, 0) is 4.74 Å². The molecule has 0 radical (unpaired) electrons. The van der Waals surface area contributed by atoms with Crippen LogP contribution in [0.2, 0.25) is 0 Å². The van der Waals surface area contributed by atoms with E-state index in [1.807, 2.05) is 0 Å². The van der Waals surface area contributed by atoms with E-state index in [0.29, 0.717) is 0 Å². The molecule has 1 aromatic rings. The quantitative estimate of drug-likeness (QED) is 0.774. The minimum Gasteiger partial charge on any atom is -0.472 e. The van der Waals surface area contributed by atoms with Crippen molar-refractivity contribution in [2.75, 3.05) is 13.2 Å². The van der Waals surface area contributed by atoms with Crippen LogP contribution in [0.25, 0.3) is 0 Å². The topological polar surface area (TPSA) is 81.1 Å². The molecule has 140 valence electrons. The highest BCUT2D eigenvalue weighted by atomic mass is 19.4. The fourth-order valence-corrected chi connectivity index (χ4v) is 2.34. The molecule has 0 saturated carbocycles. The number of hydrogen-bond donors (Lipinski definition) is 1. The van der Waals surface area contributed by atoms with E-state index in [4.69, 9.17) is 9.84 Å². The molecule has 1 aromatic heterocycles. The summed E-state index contributed by atoms with van der Waals surface area (Å²) in [6, 6.07) is 1.27. The molecular formula is C13H13F5N2O5. The van der Waals surface area contributed by atoms with Gasteiger partial charge in [0.15, 0.2) is 0 Å². The highest BCUT2D eigenvalue weighted by molar-refractivity contribution is 5.66. The number of carboxylic acid groups (broad SMARTS) is 1. The number of pyridine rings is 1. The molecule has 1 aliphatic heterocycles. The smallest absolute Gasteiger partial charge is 0.472 e. The lowest BCUT2D eigenvalue weighted by molar-refractivity contribution is -0.274. The minimum atomic E-state index is -4.85. The maximum absolute atomic E-state index is 12.1. The van der Waals surface area contributed by atoms with Gasteiger partial charge in [0.1, 0.15) is 11.9 Å². The number of rotatable bonds is 6. The van der Waals surface area contributed by atoms with E-state index in [9.17, 15) is 26.7 Å². The number of halogens is 5. The molecule has 7 nitrogen and oxygen atoms in total. The molecule has 1 aliphatic rings. The van der Waals surface area contributed by atoms with Crippen LogP contribution in [0.3, 0.4) is 0 Å². The Bertz CT molecular complexity index is 583. The van der Waals surface area contributed by atoms with Gasteiger partial charge in [-0.3, -0.25) is 4.90 Å². The Morgan fingerprint density at radius 2 is 2.12 bits per heavy atom. The highest BCUT2D eigenvalue weighted by Crippen LogP contribution is 2.26. The molecule has 2 atom stereocenters. The first-order valence-electron chi connectivity index (χ1n) is 6.92. The summed E-state index contributed by atoms with van der Waals surface area (Å²) < 4.78 is 73.5. The molecule has 2 heterocycles. The molecule has 0 aromatic carbocycles. The van der Waals surface area contributed by atoms with E-state index in [0.717, 1.165) is 23.2 Å². The van der Waals surface area contributed by atoms with Crippen LogP contribution in [0.1, 0.15) is 6.42 Å². The molecule has 0 spiro atoms. The predicted octanol–water partition coefficient (Wildman–Crippen LogP) is 2.72. The van der Waals surface area contributed by atoms with Crippen molar-refractivity contribution in [1.29, 1.82) is 0 Å². The first-order chi connectivity index (χ1) is 11.6. The zero-order valence-corrected chi connectivity index (χ0v) is 12.4. The predicted molar refractivity (Wildman–Crippen MR) is 70.4 cm³/mol. The second-order valence-corrected chi connectivity index (χ2v) is 5.04. The van der Waals surface area contributed by atoms with E-state index < -0.39 is 43.6 Å². The number of aromatic nitrogens is 1. The van der Waals surface area contributed by atoms with Gasteiger partial charge in [-0.2, -0.15) is 8.78 Å². The SMILES string of the molecule is O=C(O)N1C[C@@H](Oc2ccc(OC(F)(F)F)cn2)C[C@H]1COC(F)F. The van der Waals surface area contributed by atoms with E-state index >= 15 is 0 Å². The molecule has 2 rings (SSSR count). The Hall–Kier alpha value is -2.37. The van der Waals surface area contributed by atoms with Crippen molar-refractivity contribution in [2.24, 2.45) is 0 Å². The van der Waals surface area contributed by atoms with Gasteiger partial charge in [-0.05, 0) is 6.07 Å². The average Bonchev–Trinajstić information content (AvgIpc) is 2.89. The summed E-state index contributed by atoms with van der Waals surface area (Å²) in [5.74, 6) is -0.595. The maximum Gasteiger partial charge on any atom is 0.573 e. The molecule has 12 heteroatoms. The van der Waals surface area contributed by atoms with E-state index in [1.54, 1.807) is 0 Å². The summed E-state index contributed by atoms with van der Waals surface area (Å²) >= 11 is 0. The molecular weight excluding hydrogens is 359 g/mol. The van der Waals surface area contributed by atoms with E-state index in [1.165, 1.54) is 0 Å². The molecule has 1 N–H and O–H groups in total. The average molecular weight is 372 g/mol. The van der Waals surface area contributed by atoms with Crippen molar-refractivity contribution in [3.05, 3.63) is 18.3 Å². The van der Waals surface area contributed by atoms with Gasteiger partial charge in [0.2, 0.25) is 5.88 Å². The number of amides is 1. The van der Waals surface area contributed by atoms with Gasteiger partial charge in [-0.25, -0.2) is 9.78 Å². The van der Waals surface area contributed by atoms with Crippen molar-refractivity contribution < 1.29 is 46.1 Å². The maximum atomic E-state index is 12.1. The van der Waals surface area contributed by atoms with Crippen molar-refractivity contribution in [2.45, 2.75) is 31.5 Å². The number of hydrogen-bond acceptors (Lipinski definition) is 5. The molecule has 0 aliphatic carbocycles. The monoisotopic (exact) mass is 372 g/mol. The van der Waals surface area contributed by atoms with Crippen LogP contribution in [0.5, 0.6) is 11.6 Å². The molecule has 25 heavy (non-hydrogen) atoms. The van der Waals surface area contributed by atoms with Crippen molar-refractivity contribution >= 4 is 6.09 Å². The molecule has 1 saturated heterocycles. The van der Waals surface area contributed by atoms with Gasteiger partial charge >= 0.3 is 19.1 Å². The Balaban J connectivity index is 1.94. The van der Waals surface area contributed by atoms with Crippen LogP contribution in [0.15, 0.2) is 18.3 Å². The number of carbonyl (C=O) groups is 1. The zero-order chi connectivity index (χ0) is 18.6. The van der Waals surface area contributed by atoms with Crippen molar-refractivity contribution in [1.82, 2.24) is 9.88 Å². The third-order valence-corrected chi connectivity index (χ3v) is 3.27. The third-order valence-electron chi connectivity index (χ3n) is 3.27. The zero-order valence-electron chi connectivity index (χ0n) is 12.4. The molecule has 0 bridgehead atoms. The van der Waals surface area contributed by atoms with E-state index in [-0.39, 0.29) is 18.8 Å². The summed E-state index contributed by atoms with van der Waals surface area (Å²) in [6.45, 7) is -3.65. The lowest BCUT2D eigenvalue weighted by Gasteiger charge is -2.20. The summed E-state index contributed by atoms with van der Waals surface area (Å²) in [4.78, 5) is 15.6. The van der Waals surface area contributed by atoms with Gasteiger partial charge in [0, 0.05) is 12.5 Å². The van der Waals surface area contributed by atoms with E-state index in [2.05, 4.69) is 14.5 Å². The van der Waals surface area contributed by atoms with Crippen LogP contribution in [0.4, 0.5) is 26.7 Å². The van der Waals surface area contributed by atoms with Gasteiger partial charge in [-0.15, -0.1) is 13.2 Å². The molecule has 1 amide bonds. The van der Waals surface area contributed by atoms with Crippen molar-refractivity contribution in [3.63, 3.8) is 0 Å². The van der Waals surface area contributed by atoms with Crippen LogP contribution in [-0.4, -0.2) is 59.4 Å². The molecule has 0 unspecified atom stereocenters. The lowest BCUT2D eigenvalue weighted by atomic mass is 10.2. The highest BCUT2D eigenvalue weighted by Gasteiger charge is 2.37. The van der Waals surface area contributed by atoms with Crippen LogP contribution in [0, 0.1) is 0 Å². The summed E-state index contributed by atoms with van der Waals surface area (Å²) in [6.07, 6.45) is -6.01. The summed E-state index contributed by atoms with van der Waals surface area (Å²) in [5, 5.41) is 9.07. The van der Waals surface area contributed by atoms with Crippen LogP contribution >= 0.6 is 0 Å². The standard InChI is InChI=1S/C13H13F5N2O5/c14-11(15)23-6-7-3-9(5-20(7)12(21)22)24-10-2-1-8(4-19-10)25-13(16,17)18/h1-2,4,7,9,11H,3,5-6H2,(H,21,22)/t7-,9-/m0/s1. The number of ether oxygens (including phenoxy) is 3. The normalized spacial score (nSPS) is 20.8. The number of likely N-dealkylation sites (tertiary alicyclic amines) is 1. The Labute approximate surface area is 137 Å². The Morgan fingerprint density at radius 3 is 2.64 bits per heavy atom. The summed E-state index contributed by atoms with van der Waals surface area (Å²) in [7, 11) is 0. The number of alkyl halides is 5. The number of nitrogens with zero attached hydrogens (tertiary/aromatic N) is 2. The first kappa shape index (κ1) is 19.0. The van der Waals surface area contributed by atoms with Crippen molar-refractivity contribution in [3.8, 4) is 11.6 Å². The van der Waals surface area contributed by atoms with Gasteiger partial charge in [0.05, 0.1) is 25.4 Å². The first-order valence-corrected chi connectivity index (χ1v) is 6.92. The fourth-order valence-electron chi connectivity index (χ4n) is 2.34. The lowest BCUT2D eigenvalue weighted by Crippen LogP contribution is -2.38. The summed E-state index contributed by atoms with van der Waals surface area (Å²) in [5.41, 5.74) is 0. The Morgan fingerprint density at radius 1 is 1.40 bits per heavy atom. The molecule has 1 fully saturated rings. The fraction of sp³-hybridized carbons (Fsp3) is 0.538.